The number of benzene rings is 1. The summed E-state index contributed by atoms with van der Waals surface area (Å²) >= 11 is 0. The van der Waals surface area contributed by atoms with Crippen molar-refractivity contribution < 1.29 is 13.2 Å². The third-order valence-corrected chi connectivity index (χ3v) is 5.78. The number of amides is 1. The van der Waals surface area contributed by atoms with E-state index in [2.05, 4.69) is 9.71 Å². The summed E-state index contributed by atoms with van der Waals surface area (Å²) in [4.78, 5) is 16.6. The van der Waals surface area contributed by atoms with Crippen LogP contribution in [0.5, 0.6) is 0 Å². The van der Waals surface area contributed by atoms with Gasteiger partial charge in [-0.1, -0.05) is 12.1 Å². The van der Waals surface area contributed by atoms with E-state index in [1.54, 1.807) is 40.9 Å². The molecule has 2 aromatic heterocycles. The van der Waals surface area contributed by atoms with Crippen LogP contribution in [0.15, 0.2) is 53.7 Å². The Kier molecular flexibility index (Phi) is 3.80. The van der Waals surface area contributed by atoms with Crippen molar-refractivity contribution >= 4 is 21.6 Å². The number of nitrogens with zero attached hydrogens (tertiary/aromatic N) is 2. The molecule has 1 aromatic carbocycles. The number of rotatable bonds is 3. The highest BCUT2D eigenvalue weighted by molar-refractivity contribution is 7.90. The third kappa shape index (κ3) is 3.02. The summed E-state index contributed by atoms with van der Waals surface area (Å²) in [5, 5.41) is 0. The standard InChI is InChI=1S/C18H17N3O3S/c22-18(16-12-21-10-4-3-7-17(21)19-16)20-25(23,24)15-9-8-13-5-1-2-6-14(13)11-15/h3-4,7-12H,1-2,5-6H2,(H,20,22). The molecule has 25 heavy (non-hydrogen) atoms. The maximum Gasteiger partial charge on any atom is 0.285 e. The van der Waals surface area contributed by atoms with E-state index in [0.29, 0.717) is 5.65 Å². The van der Waals surface area contributed by atoms with Crippen LogP contribution >= 0.6 is 0 Å². The largest absolute Gasteiger partial charge is 0.306 e. The number of imidazole rings is 1. The lowest BCUT2D eigenvalue weighted by Crippen LogP contribution is -2.31. The van der Waals surface area contributed by atoms with E-state index in [1.165, 1.54) is 11.8 Å². The zero-order valence-electron chi connectivity index (χ0n) is 13.5. The van der Waals surface area contributed by atoms with Gasteiger partial charge in [0.1, 0.15) is 11.3 Å². The average Bonchev–Trinajstić information content (AvgIpc) is 3.05. The van der Waals surface area contributed by atoms with Crippen LogP contribution in [0.4, 0.5) is 0 Å². The summed E-state index contributed by atoms with van der Waals surface area (Å²) in [6, 6.07) is 10.4. The van der Waals surface area contributed by atoms with Gasteiger partial charge in [-0.2, -0.15) is 0 Å². The minimum Gasteiger partial charge on any atom is -0.306 e. The molecule has 6 nitrogen and oxygen atoms in total. The summed E-state index contributed by atoms with van der Waals surface area (Å²) in [5.41, 5.74) is 2.89. The number of carbonyl (C=O) groups excluding carboxylic acids is 1. The van der Waals surface area contributed by atoms with Gasteiger partial charge in [0, 0.05) is 12.4 Å². The van der Waals surface area contributed by atoms with Crippen LogP contribution in [0, 0.1) is 0 Å². The van der Waals surface area contributed by atoms with Crippen LogP contribution in [0.2, 0.25) is 0 Å². The van der Waals surface area contributed by atoms with E-state index < -0.39 is 15.9 Å². The normalized spacial score (nSPS) is 14.2. The van der Waals surface area contributed by atoms with Crippen LogP contribution in [-0.4, -0.2) is 23.7 Å². The summed E-state index contributed by atoms with van der Waals surface area (Å²) in [7, 11) is -3.93. The van der Waals surface area contributed by atoms with Crippen molar-refractivity contribution in [1.82, 2.24) is 14.1 Å². The Labute approximate surface area is 145 Å². The molecule has 1 amide bonds. The Morgan fingerprint density at radius 1 is 1.08 bits per heavy atom. The van der Waals surface area contributed by atoms with Gasteiger partial charge in [-0.05, 0) is 61.1 Å². The van der Waals surface area contributed by atoms with Gasteiger partial charge < -0.3 is 4.40 Å². The topological polar surface area (TPSA) is 80.5 Å². The van der Waals surface area contributed by atoms with Gasteiger partial charge in [0.15, 0.2) is 0 Å². The summed E-state index contributed by atoms with van der Waals surface area (Å²) in [5.74, 6) is -0.735. The number of fused-ring (bicyclic) bond motifs is 2. The molecule has 0 radical (unpaired) electrons. The Morgan fingerprint density at radius 3 is 2.68 bits per heavy atom. The van der Waals surface area contributed by atoms with E-state index >= 15 is 0 Å². The quantitative estimate of drug-likeness (QED) is 0.782. The first-order valence-electron chi connectivity index (χ1n) is 8.16. The number of hydrogen-bond donors (Lipinski definition) is 1. The average molecular weight is 355 g/mol. The smallest absolute Gasteiger partial charge is 0.285 e. The first kappa shape index (κ1) is 15.8. The number of sulfonamides is 1. The summed E-state index contributed by atoms with van der Waals surface area (Å²) in [6.45, 7) is 0. The van der Waals surface area contributed by atoms with Gasteiger partial charge in [0.05, 0.1) is 4.90 Å². The SMILES string of the molecule is O=C(NS(=O)(=O)c1ccc2c(c1)CCCC2)c1cn2ccccc2n1. The predicted molar refractivity (Wildman–Crippen MR) is 92.9 cm³/mol. The second-order valence-corrected chi connectivity index (χ2v) is 7.85. The Bertz CT molecular complexity index is 1040. The Balaban J connectivity index is 1.61. The van der Waals surface area contributed by atoms with E-state index in [9.17, 15) is 13.2 Å². The number of hydrogen-bond acceptors (Lipinski definition) is 4. The number of aryl methyl sites for hydroxylation is 2. The fourth-order valence-electron chi connectivity index (χ4n) is 3.15. The number of carbonyl (C=O) groups is 1. The Hall–Kier alpha value is -2.67. The highest BCUT2D eigenvalue weighted by Gasteiger charge is 2.22. The molecule has 0 unspecified atom stereocenters. The molecule has 0 bridgehead atoms. The molecule has 7 heteroatoms. The van der Waals surface area contributed by atoms with E-state index in [-0.39, 0.29) is 10.6 Å². The van der Waals surface area contributed by atoms with E-state index in [0.717, 1.165) is 31.2 Å². The molecule has 2 heterocycles. The number of pyridine rings is 1. The van der Waals surface area contributed by atoms with Crippen molar-refractivity contribution in [3.8, 4) is 0 Å². The zero-order valence-corrected chi connectivity index (χ0v) is 14.3. The maximum absolute atomic E-state index is 12.6. The molecule has 1 aliphatic rings. The van der Waals surface area contributed by atoms with Gasteiger partial charge in [-0.25, -0.2) is 18.1 Å². The van der Waals surface area contributed by atoms with Crippen LogP contribution in [0.3, 0.4) is 0 Å². The monoisotopic (exact) mass is 355 g/mol. The lowest BCUT2D eigenvalue weighted by atomic mass is 9.92. The number of nitrogens with one attached hydrogen (secondary N) is 1. The Morgan fingerprint density at radius 2 is 1.88 bits per heavy atom. The lowest BCUT2D eigenvalue weighted by molar-refractivity contribution is 0.0977. The minimum absolute atomic E-state index is 0.0627. The molecule has 4 rings (SSSR count). The third-order valence-electron chi connectivity index (χ3n) is 4.45. The van der Waals surface area contributed by atoms with Gasteiger partial charge in [-0.3, -0.25) is 4.79 Å². The molecule has 0 aliphatic heterocycles. The molecule has 0 saturated carbocycles. The van der Waals surface area contributed by atoms with Crippen molar-refractivity contribution in [1.29, 1.82) is 0 Å². The molecule has 1 N–H and O–H groups in total. The molecule has 0 fully saturated rings. The minimum atomic E-state index is -3.93. The van der Waals surface area contributed by atoms with E-state index in [1.807, 2.05) is 6.07 Å². The molecular formula is C18H17N3O3S. The van der Waals surface area contributed by atoms with Crippen LogP contribution in [-0.2, 0) is 22.9 Å². The second kappa shape index (κ2) is 6.00. The molecule has 0 saturated heterocycles. The van der Waals surface area contributed by atoms with E-state index in [4.69, 9.17) is 0 Å². The highest BCUT2D eigenvalue weighted by atomic mass is 32.2. The second-order valence-electron chi connectivity index (χ2n) is 6.16. The predicted octanol–water partition coefficient (Wildman–Crippen LogP) is 2.33. The van der Waals surface area contributed by atoms with Gasteiger partial charge in [-0.15, -0.1) is 0 Å². The van der Waals surface area contributed by atoms with Crippen molar-refractivity contribution in [2.24, 2.45) is 0 Å². The van der Waals surface area contributed by atoms with Gasteiger partial charge in [0.25, 0.3) is 15.9 Å². The maximum atomic E-state index is 12.6. The highest BCUT2D eigenvalue weighted by Crippen LogP contribution is 2.24. The first-order valence-corrected chi connectivity index (χ1v) is 9.64. The summed E-state index contributed by atoms with van der Waals surface area (Å²) in [6.07, 6.45) is 7.29. The molecule has 0 atom stereocenters. The number of aromatic nitrogens is 2. The molecule has 3 aromatic rings. The lowest BCUT2D eigenvalue weighted by Gasteiger charge is -2.16. The van der Waals surface area contributed by atoms with Crippen molar-refractivity contribution in [3.63, 3.8) is 0 Å². The molecule has 0 spiro atoms. The van der Waals surface area contributed by atoms with Crippen molar-refractivity contribution in [3.05, 3.63) is 65.6 Å². The van der Waals surface area contributed by atoms with Crippen LogP contribution in [0.1, 0.15) is 34.5 Å². The zero-order chi connectivity index (χ0) is 17.4. The molecular weight excluding hydrogens is 338 g/mol. The van der Waals surface area contributed by atoms with Gasteiger partial charge >= 0.3 is 0 Å². The van der Waals surface area contributed by atoms with Crippen molar-refractivity contribution in [2.45, 2.75) is 30.6 Å². The van der Waals surface area contributed by atoms with Gasteiger partial charge in [0.2, 0.25) is 0 Å². The summed E-state index contributed by atoms with van der Waals surface area (Å²) < 4.78 is 28.9. The first-order chi connectivity index (χ1) is 12.0. The molecule has 128 valence electrons. The molecule has 1 aliphatic carbocycles. The fraction of sp³-hybridized carbons (Fsp3) is 0.222. The fourth-order valence-corrected chi connectivity index (χ4v) is 4.17. The van der Waals surface area contributed by atoms with Crippen LogP contribution < -0.4 is 4.72 Å². The van der Waals surface area contributed by atoms with Crippen LogP contribution in [0.25, 0.3) is 5.65 Å². The van der Waals surface area contributed by atoms with Crippen molar-refractivity contribution in [2.75, 3.05) is 0 Å².